The van der Waals surface area contributed by atoms with Gasteiger partial charge in [0.15, 0.2) is 0 Å². The van der Waals surface area contributed by atoms with Gasteiger partial charge in [0.1, 0.15) is 6.04 Å². The van der Waals surface area contributed by atoms with E-state index >= 15 is 0 Å². The molecular weight excluding hydrogens is 280 g/mol. The summed E-state index contributed by atoms with van der Waals surface area (Å²) in [6.45, 7) is 5.50. The van der Waals surface area contributed by atoms with Crippen LogP contribution in [0.5, 0.6) is 0 Å². The van der Waals surface area contributed by atoms with Crippen LogP contribution in [0.1, 0.15) is 31.7 Å². The number of thiol groups is 1. The Morgan fingerprint density at radius 2 is 2.05 bits per heavy atom. The van der Waals surface area contributed by atoms with Gasteiger partial charge in [0.2, 0.25) is 11.8 Å². The van der Waals surface area contributed by atoms with Crippen molar-refractivity contribution >= 4 is 35.8 Å². The monoisotopic (exact) mass is 300 g/mol. The van der Waals surface area contributed by atoms with Gasteiger partial charge in [-0.3, -0.25) is 9.59 Å². The molecule has 0 spiro atoms. The Hall–Kier alpha value is -1.01. The number of rotatable bonds is 6. The van der Waals surface area contributed by atoms with Gasteiger partial charge in [-0.25, -0.2) is 0 Å². The summed E-state index contributed by atoms with van der Waals surface area (Å²) in [4.78, 5) is 24.3. The SMILES string of the molecule is CC(=O)NC(CS)C(=O)NC(c1cccs1)C(C)C. The fraction of sp³-hybridized carbons (Fsp3) is 0.538. The van der Waals surface area contributed by atoms with E-state index in [4.69, 9.17) is 0 Å². The van der Waals surface area contributed by atoms with Gasteiger partial charge >= 0.3 is 0 Å². The van der Waals surface area contributed by atoms with E-state index in [1.807, 2.05) is 17.5 Å². The Morgan fingerprint density at radius 1 is 1.37 bits per heavy atom. The summed E-state index contributed by atoms with van der Waals surface area (Å²) >= 11 is 5.72. The van der Waals surface area contributed by atoms with E-state index < -0.39 is 6.04 Å². The van der Waals surface area contributed by atoms with Crippen LogP contribution in [0.15, 0.2) is 17.5 Å². The van der Waals surface area contributed by atoms with Gasteiger partial charge in [0.25, 0.3) is 0 Å². The quantitative estimate of drug-likeness (QED) is 0.704. The van der Waals surface area contributed by atoms with Crippen molar-refractivity contribution in [3.63, 3.8) is 0 Å². The largest absolute Gasteiger partial charge is 0.346 e. The van der Waals surface area contributed by atoms with Gasteiger partial charge in [-0.1, -0.05) is 19.9 Å². The molecule has 19 heavy (non-hydrogen) atoms. The van der Waals surface area contributed by atoms with Crippen molar-refractivity contribution in [3.8, 4) is 0 Å². The Balaban J connectivity index is 2.73. The van der Waals surface area contributed by atoms with E-state index in [1.165, 1.54) is 6.92 Å². The summed E-state index contributed by atoms with van der Waals surface area (Å²) in [6.07, 6.45) is 0. The van der Waals surface area contributed by atoms with Crippen molar-refractivity contribution in [3.05, 3.63) is 22.4 Å². The number of thiophene rings is 1. The fourth-order valence-corrected chi connectivity index (χ4v) is 2.93. The van der Waals surface area contributed by atoms with Crippen molar-refractivity contribution in [1.29, 1.82) is 0 Å². The highest BCUT2D eigenvalue weighted by atomic mass is 32.1. The number of carbonyl (C=O) groups excluding carboxylic acids is 2. The minimum Gasteiger partial charge on any atom is -0.346 e. The van der Waals surface area contributed by atoms with Crippen LogP contribution in [-0.4, -0.2) is 23.6 Å². The highest BCUT2D eigenvalue weighted by molar-refractivity contribution is 7.80. The van der Waals surface area contributed by atoms with E-state index in [2.05, 4.69) is 37.1 Å². The summed E-state index contributed by atoms with van der Waals surface area (Å²) in [7, 11) is 0. The van der Waals surface area contributed by atoms with E-state index in [1.54, 1.807) is 11.3 Å². The maximum absolute atomic E-state index is 12.1. The van der Waals surface area contributed by atoms with Crippen molar-refractivity contribution in [2.75, 3.05) is 5.75 Å². The highest BCUT2D eigenvalue weighted by Crippen LogP contribution is 2.25. The van der Waals surface area contributed by atoms with Crippen LogP contribution >= 0.6 is 24.0 Å². The van der Waals surface area contributed by atoms with Crippen LogP contribution < -0.4 is 10.6 Å². The van der Waals surface area contributed by atoms with E-state index in [9.17, 15) is 9.59 Å². The molecule has 0 saturated carbocycles. The lowest BCUT2D eigenvalue weighted by Gasteiger charge is -2.24. The molecule has 2 atom stereocenters. The topological polar surface area (TPSA) is 58.2 Å². The molecule has 0 aromatic carbocycles. The molecule has 2 N–H and O–H groups in total. The first-order chi connectivity index (χ1) is 8.95. The van der Waals surface area contributed by atoms with Crippen LogP contribution in [0.2, 0.25) is 0 Å². The number of hydrogen-bond donors (Lipinski definition) is 3. The van der Waals surface area contributed by atoms with Gasteiger partial charge in [0.05, 0.1) is 6.04 Å². The minimum absolute atomic E-state index is 0.0383. The third-order valence-corrected chi connectivity index (χ3v) is 4.01. The van der Waals surface area contributed by atoms with Gasteiger partial charge in [-0.2, -0.15) is 12.6 Å². The zero-order chi connectivity index (χ0) is 14.4. The molecular formula is C13H20N2O2S2. The maximum Gasteiger partial charge on any atom is 0.243 e. The summed E-state index contributed by atoms with van der Waals surface area (Å²) in [5.41, 5.74) is 0. The Bertz CT molecular complexity index is 418. The molecule has 106 valence electrons. The van der Waals surface area contributed by atoms with E-state index in [-0.39, 0.29) is 29.5 Å². The molecule has 0 aliphatic heterocycles. The maximum atomic E-state index is 12.1. The fourth-order valence-electron chi connectivity index (χ4n) is 1.73. The average molecular weight is 300 g/mol. The second-order valence-corrected chi connectivity index (χ2v) is 6.03. The van der Waals surface area contributed by atoms with Crippen molar-refractivity contribution in [2.45, 2.75) is 32.9 Å². The van der Waals surface area contributed by atoms with Gasteiger partial charge in [-0.15, -0.1) is 11.3 Å². The summed E-state index contributed by atoms with van der Waals surface area (Å²) in [5, 5.41) is 7.56. The van der Waals surface area contributed by atoms with Gasteiger partial charge < -0.3 is 10.6 Å². The molecule has 0 aliphatic carbocycles. The third-order valence-electron chi connectivity index (χ3n) is 2.69. The molecule has 0 aliphatic rings. The molecule has 0 radical (unpaired) electrons. The van der Waals surface area contributed by atoms with Gasteiger partial charge in [0, 0.05) is 17.6 Å². The van der Waals surface area contributed by atoms with Crippen molar-refractivity contribution in [2.24, 2.45) is 5.92 Å². The predicted molar refractivity (Wildman–Crippen MR) is 81.5 cm³/mol. The van der Waals surface area contributed by atoms with E-state index in [0.717, 1.165) is 4.88 Å². The molecule has 2 unspecified atom stereocenters. The minimum atomic E-state index is -0.595. The van der Waals surface area contributed by atoms with Crippen molar-refractivity contribution in [1.82, 2.24) is 10.6 Å². The van der Waals surface area contributed by atoms with E-state index in [0.29, 0.717) is 0 Å². The molecule has 0 saturated heterocycles. The molecule has 1 aromatic rings. The average Bonchev–Trinajstić information content (AvgIpc) is 2.85. The predicted octanol–water partition coefficient (Wildman–Crippen LogP) is 2.00. The van der Waals surface area contributed by atoms with Gasteiger partial charge in [-0.05, 0) is 17.4 Å². The first-order valence-corrected chi connectivity index (χ1v) is 7.68. The molecule has 1 aromatic heterocycles. The number of hydrogen-bond acceptors (Lipinski definition) is 4. The molecule has 4 nitrogen and oxygen atoms in total. The molecule has 0 bridgehead atoms. The lowest BCUT2D eigenvalue weighted by molar-refractivity contribution is -0.128. The zero-order valence-corrected chi connectivity index (χ0v) is 13.1. The molecule has 1 rings (SSSR count). The third kappa shape index (κ3) is 4.87. The lowest BCUT2D eigenvalue weighted by atomic mass is 10.0. The molecule has 2 amide bonds. The molecule has 6 heteroatoms. The zero-order valence-electron chi connectivity index (χ0n) is 11.3. The summed E-state index contributed by atoms with van der Waals surface area (Å²) < 4.78 is 0. The van der Waals surface area contributed by atoms with Crippen LogP contribution in [0, 0.1) is 5.92 Å². The van der Waals surface area contributed by atoms with Crippen molar-refractivity contribution < 1.29 is 9.59 Å². The highest BCUT2D eigenvalue weighted by Gasteiger charge is 2.24. The molecule has 1 heterocycles. The Labute approximate surface area is 123 Å². The smallest absolute Gasteiger partial charge is 0.243 e. The Kier molecular flexibility index (Phi) is 6.37. The second-order valence-electron chi connectivity index (χ2n) is 4.68. The van der Waals surface area contributed by atoms with Crippen LogP contribution in [0.3, 0.4) is 0 Å². The van der Waals surface area contributed by atoms with Crippen LogP contribution in [-0.2, 0) is 9.59 Å². The number of nitrogens with one attached hydrogen (secondary N) is 2. The normalized spacial score (nSPS) is 13.9. The number of carbonyl (C=O) groups is 2. The summed E-state index contributed by atoms with van der Waals surface area (Å²) in [5.74, 6) is 0.130. The Morgan fingerprint density at radius 3 is 2.47 bits per heavy atom. The first-order valence-electron chi connectivity index (χ1n) is 6.17. The number of amides is 2. The second kappa shape index (κ2) is 7.55. The van der Waals surface area contributed by atoms with Crippen LogP contribution in [0.4, 0.5) is 0 Å². The first kappa shape index (κ1) is 16.0. The molecule has 0 fully saturated rings. The standard InChI is InChI=1S/C13H20N2O2S2/c1-8(2)12(11-5-4-6-19-11)15-13(17)10(7-18)14-9(3)16/h4-6,8,10,12,18H,7H2,1-3H3,(H,14,16)(H,15,17). The van der Waals surface area contributed by atoms with Crippen LogP contribution in [0.25, 0.3) is 0 Å². The lowest BCUT2D eigenvalue weighted by Crippen LogP contribution is -2.48. The summed E-state index contributed by atoms with van der Waals surface area (Å²) in [6, 6.07) is 3.33.